The second-order valence-electron chi connectivity index (χ2n) is 11.0. The summed E-state index contributed by atoms with van der Waals surface area (Å²) in [6, 6.07) is 14.0. The highest BCUT2D eigenvalue weighted by Gasteiger charge is 2.18. The van der Waals surface area contributed by atoms with E-state index >= 15 is 0 Å². The van der Waals surface area contributed by atoms with Crippen molar-refractivity contribution in [1.29, 1.82) is 0 Å². The summed E-state index contributed by atoms with van der Waals surface area (Å²) in [4.78, 5) is 8.48. The van der Waals surface area contributed by atoms with Gasteiger partial charge in [0.1, 0.15) is 27.9 Å². The summed E-state index contributed by atoms with van der Waals surface area (Å²) in [7, 11) is -4.43. The Balaban J connectivity index is 0.000000222. The van der Waals surface area contributed by atoms with E-state index in [4.69, 9.17) is 10.0 Å². The van der Waals surface area contributed by atoms with Gasteiger partial charge in [-0.2, -0.15) is 0 Å². The van der Waals surface area contributed by atoms with E-state index in [1.165, 1.54) is 22.5 Å². The lowest BCUT2D eigenvalue weighted by atomic mass is 9.80. The molecule has 0 saturated carbocycles. The summed E-state index contributed by atoms with van der Waals surface area (Å²) in [5.41, 5.74) is 0.541. The monoisotopic (exact) mass is 650 g/mol. The molecule has 4 rings (SSSR count). The van der Waals surface area contributed by atoms with Crippen molar-refractivity contribution in [3.8, 4) is 11.3 Å². The quantitative estimate of drug-likeness (QED) is 0.171. The van der Waals surface area contributed by atoms with Crippen LogP contribution < -0.4 is 15.8 Å². The van der Waals surface area contributed by atoms with Crippen LogP contribution in [0.4, 0.5) is 17.6 Å². The average molecular weight is 651 g/mol. The van der Waals surface area contributed by atoms with Crippen molar-refractivity contribution in [3.63, 3.8) is 0 Å². The fourth-order valence-corrected chi connectivity index (χ4v) is 5.53. The Morgan fingerprint density at radius 2 is 1.15 bits per heavy atom. The zero-order valence-electron chi connectivity index (χ0n) is 23.2. The molecule has 0 fully saturated rings. The lowest BCUT2D eigenvalue weighted by molar-refractivity contribution is 0.422. The molecule has 0 bridgehead atoms. The van der Waals surface area contributed by atoms with Gasteiger partial charge in [-0.05, 0) is 56.6 Å². The Bertz CT molecular complexity index is 1400. The van der Waals surface area contributed by atoms with Gasteiger partial charge in [-0.15, -0.1) is 0 Å². The highest BCUT2D eigenvalue weighted by atomic mass is 79.9. The molecule has 2 N–H and O–H groups in total. The van der Waals surface area contributed by atoms with Gasteiger partial charge in [-0.1, -0.05) is 57.5 Å². The number of halogens is 5. The average Bonchev–Trinajstić information content (AvgIpc) is 2.84. The van der Waals surface area contributed by atoms with Gasteiger partial charge in [-0.3, -0.25) is 4.98 Å². The van der Waals surface area contributed by atoms with E-state index in [9.17, 15) is 17.6 Å². The standard InChI is InChI=1S/C14H15F2NSi.C8H12BrNSi.C6H5BF2O2/c1-18(2,3)11-5-7-14(17-9-11)12-6-4-10(15)8-13(12)16;1-11(2,3)7-4-5-8(9)10-6-7;8-4-1-2-5(7(10)11)6(9)3-4/h4-9H,1-3H3;4-6H,1-3H3;1-3,10-11H. The Morgan fingerprint density at radius 3 is 1.55 bits per heavy atom. The van der Waals surface area contributed by atoms with Crippen LogP contribution in [0.2, 0.25) is 39.3 Å². The zero-order valence-corrected chi connectivity index (χ0v) is 26.8. The zero-order chi connectivity index (χ0) is 30.3. The van der Waals surface area contributed by atoms with Crippen LogP contribution in [0.3, 0.4) is 0 Å². The van der Waals surface area contributed by atoms with Crippen LogP contribution in [0.1, 0.15) is 0 Å². The van der Waals surface area contributed by atoms with E-state index in [1.807, 2.05) is 18.3 Å². The van der Waals surface area contributed by atoms with E-state index in [0.29, 0.717) is 17.3 Å². The molecule has 0 spiro atoms. The normalized spacial score (nSPS) is 11.1. The van der Waals surface area contributed by atoms with E-state index in [-0.39, 0.29) is 5.46 Å². The Morgan fingerprint density at radius 1 is 0.650 bits per heavy atom. The number of rotatable bonds is 4. The molecule has 212 valence electrons. The van der Waals surface area contributed by atoms with Gasteiger partial charge < -0.3 is 10.0 Å². The molecule has 0 radical (unpaired) electrons. The highest BCUT2D eigenvalue weighted by Crippen LogP contribution is 2.21. The molecule has 0 atom stereocenters. The Kier molecular flexibility index (Phi) is 12.0. The van der Waals surface area contributed by atoms with Crippen LogP contribution in [0.25, 0.3) is 11.3 Å². The van der Waals surface area contributed by atoms with Crippen molar-refractivity contribution in [1.82, 2.24) is 9.97 Å². The first-order valence-corrected chi connectivity index (χ1v) is 20.1. The number of hydrogen-bond donors (Lipinski definition) is 2. The third kappa shape index (κ3) is 10.4. The number of benzene rings is 2. The van der Waals surface area contributed by atoms with Gasteiger partial charge in [0, 0.05) is 35.6 Å². The van der Waals surface area contributed by atoms with Gasteiger partial charge in [0.15, 0.2) is 0 Å². The van der Waals surface area contributed by atoms with Crippen molar-refractivity contribution in [2.45, 2.75) is 39.3 Å². The minimum Gasteiger partial charge on any atom is -0.423 e. The predicted molar refractivity (Wildman–Crippen MR) is 164 cm³/mol. The van der Waals surface area contributed by atoms with Crippen LogP contribution in [-0.2, 0) is 0 Å². The van der Waals surface area contributed by atoms with Crippen LogP contribution >= 0.6 is 15.9 Å². The van der Waals surface area contributed by atoms with Gasteiger partial charge in [0.05, 0.1) is 21.8 Å². The van der Waals surface area contributed by atoms with E-state index in [0.717, 1.165) is 22.8 Å². The van der Waals surface area contributed by atoms with E-state index < -0.39 is 46.5 Å². The third-order valence-corrected chi connectivity index (χ3v) is 10.2. The minimum atomic E-state index is -1.89. The molecule has 4 nitrogen and oxygen atoms in total. The molecule has 0 aliphatic rings. The smallest absolute Gasteiger partial charge is 0.423 e. The largest absolute Gasteiger partial charge is 0.491 e. The molecule has 2 aromatic carbocycles. The highest BCUT2D eigenvalue weighted by molar-refractivity contribution is 9.10. The molecule has 4 aromatic rings. The minimum absolute atomic E-state index is 0.327. The number of nitrogens with zero attached hydrogens (tertiary/aromatic N) is 2. The Hall–Kier alpha value is -2.64. The van der Waals surface area contributed by atoms with E-state index in [2.05, 4.69) is 71.2 Å². The molecule has 12 heteroatoms. The summed E-state index contributed by atoms with van der Waals surface area (Å²) in [6.07, 6.45) is 3.76. The van der Waals surface area contributed by atoms with Gasteiger partial charge in [0.2, 0.25) is 0 Å². The van der Waals surface area contributed by atoms with Gasteiger partial charge in [0.25, 0.3) is 0 Å². The molecule has 0 saturated heterocycles. The molecule has 2 aromatic heterocycles. The van der Waals surface area contributed by atoms with Crippen molar-refractivity contribution in [3.05, 3.63) is 101 Å². The lowest BCUT2D eigenvalue weighted by Gasteiger charge is -2.16. The maximum Gasteiger partial charge on any atom is 0.491 e. The predicted octanol–water partition coefficient (Wildman–Crippen LogP) is 5.61. The molecule has 40 heavy (non-hydrogen) atoms. The topological polar surface area (TPSA) is 66.2 Å². The van der Waals surface area contributed by atoms with Crippen LogP contribution in [0.5, 0.6) is 0 Å². The van der Waals surface area contributed by atoms with Crippen molar-refractivity contribution in [2.24, 2.45) is 0 Å². The number of aromatic nitrogens is 2. The fourth-order valence-electron chi connectivity index (χ4n) is 3.22. The fraction of sp³-hybridized carbons (Fsp3) is 0.214. The number of hydrogen-bond acceptors (Lipinski definition) is 4. The first kappa shape index (κ1) is 33.6. The molecule has 0 aliphatic carbocycles. The van der Waals surface area contributed by atoms with Crippen molar-refractivity contribution >= 4 is 55.0 Å². The summed E-state index contributed by atoms with van der Waals surface area (Å²) in [6.45, 7) is 13.6. The summed E-state index contributed by atoms with van der Waals surface area (Å²) >= 11 is 3.32. The second kappa shape index (κ2) is 14.3. The summed E-state index contributed by atoms with van der Waals surface area (Å²) in [5, 5.41) is 19.6. The van der Waals surface area contributed by atoms with Crippen molar-refractivity contribution < 1.29 is 27.6 Å². The van der Waals surface area contributed by atoms with Crippen LogP contribution in [0, 0.1) is 23.3 Å². The van der Waals surface area contributed by atoms with Gasteiger partial charge >= 0.3 is 7.12 Å². The first-order valence-electron chi connectivity index (χ1n) is 12.3. The lowest BCUT2D eigenvalue weighted by Crippen LogP contribution is -2.37. The molecular weight excluding hydrogens is 619 g/mol. The van der Waals surface area contributed by atoms with Gasteiger partial charge in [-0.25, -0.2) is 22.5 Å². The molecule has 0 amide bonds. The number of pyridine rings is 2. The van der Waals surface area contributed by atoms with Crippen molar-refractivity contribution in [2.75, 3.05) is 0 Å². The summed E-state index contributed by atoms with van der Waals surface area (Å²) in [5.74, 6) is -2.86. The second-order valence-corrected chi connectivity index (χ2v) is 21.9. The Labute approximate surface area is 243 Å². The first-order chi connectivity index (χ1) is 18.5. The van der Waals surface area contributed by atoms with Crippen LogP contribution in [0.15, 0.2) is 77.7 Å². The van der Waals surface area contributed by atoms with E-state index in [1.54, 1.807) is 12.3 Å². The maximum atomic E-state index is 13.6. The molecular formula is C28H32BBrF4N2O2Si2. The van der Waals surface area contributed by atoms with Crippen LogP contribution in [-0.4, -0.2) is 43.3 Å². The summed E-state index contributed by atoms with van der Waals surface area (Å²) < 4.78 is 52.1. The SMILES string of the molecule is C[Si](C)(C)c1ccc(-c2ccc(F)cc2F)nc1.C[Si](C)(C)c1ccc(Br)nc1.OB(O)c1ccc(F)cc1F. The maximum absolute atomic E-state index is 13.6. The third-order valence-electron chi connectivity index (χ3n) is 5.67. The molecule has 2 heterocycles. The molecule has 0 unspecified atom stereocenters. The molecule has 0 aliphatic heterocycles.